The molecule has 1 rings (SSSR count). The van der Waals surface area contributed by atoms with Gasteiger partial charge < -0.3 is 0 Å². The highest BCUT2D eigenvalue weighted by Crippen LogP contribution is 2.22. The van der Waals surface area contributed by atoms with Crippen molar-refractivity contribution in [2.24, 2.45) is 0 Å². The molecule has 0 N–H and O–H groups in total. The van der Waals surface area contributed by atoms with Crippen LogP contribution in [0.2, 0.25) is 0 Å². The molecule has 1 unspecified atom stereocenters. The summed E-state index contributed by atoms with van der Waals surface area (Å²) >= 11 is 0. The van der Waals surface area contributed by atoms with Gasteiger partial charge in [-0.2, -0.15) is 0 Å². The SMILES string of the molecule is C=C/C=C(\C=C)C(C)c1ccccn1. The van der Waals surface area contributed by atoms with E-state index < -0.39 is 0 Å². The monoisotopic (exact) mass is 185 g/mol. The fourth-order valence-corrected chi connectivity index (χ4v) is 1.33. The number of nitrogens with zero attached hydrogens (tertiary/aromatic N) is 1. The minimum Gasteiger partial charge on any atom is -0.261 e. The van der Waals surface area contributed by atoms with Crippen LogP contribution in [0.5, 0.6) is 0 Å². The molecule has 0 aliphatic rings. The number of hydrogen-bond acceptors (Lipinski definition) is 1. The van der Waals surface area contributed by atoms with Crippen LogP contribution in [0.3, 0.4) is 0 Å². The molecule has 0 spiro atoms. The lowest BCUT2D eigenvalue weighted by atomic mass is 9.97. The number of rotatable bonds is 4. The van der Waals surface area contributed by atoms with E-state index in [1.807, 2.05) is 30.4 Å². The zero-order valence-electron chi connectivity index (χ0n) is 8.48. The van der Waals surface area contributed by atoms with E-state index in [9.17, 15) is 0 Å². The number of aromatic nitrogens is 1. The summed E-state index contributed by atoms with van der Waals surface area (Å²) in [5.41, 5.74) is 2.19. The Morgan fingerprint density at radius 1 is 1.43 bits per heavy atom. The second kappa shape index (κ2) is 5.18. The lowest BCUT2D eigenvalue weighted by Crippen LogP contribution is -1.98. The first-order valence-corrected chi connectivity index (χ1v) is 4.65. The third-order valence-electron chi connectivity index (χ3n) is 2.18. The number of pyridine rings is 1. The summed E-state index contributed by atoms with van der Waals surface area (Å²) < 4.78 is 0. The van der Waals surface area contributed by atoms with Gasteiger partial charge in [0.15, 0.2) is 0 Å². The van der Waals surface area contributed by atoms with Crippen molar-refractivity contribution in [3.63, 3.8) is 0 Å². The second-order valence-electron chi connectivity index (χ2n) is 3.08. The van der Waals surface area contributed by atoms with E-state index in [1.165, 1.54) is 0 Å². The van der Waals surface area contributed by atoms with E-state index in [-0.39, 0.29) is 5.92 Å². The molecule has 14 heavy (non-hydrogen) atoms. The molecule has 0 saturated carbocycles. The number of hydrogen-bond donors (Lipinski definition) is 0. The van der Waals surface area contributed by atoms with Crippen LogP contribution in [0.15, 0.2) is 61.4 Å². The summed E-state index contributed by atoms with van der Waals surface area (Å²) in [4.78, 5) is 4.31. The fourth-order valence-electron chi connectivity index (χ4n) is 1.33. The van der Waals surface area contributed by atoms with Crippen LogP contribution in [-0.4, -0.2) is 4.98 Å². The predicted molar refractivity (Wildman–Crippen MR) is 61.1 cm³/mol. The highest BCUT2D eigenvalue weighted by Gasteiger charge is 2.08. The molecule has 1 heterocycles. The quantitative estimate of drug-likeness (QED) is 0.654. The van der Waals surface area contributed by atoms with Crippen molar-refractivity contribution >= 4 is 0 Å². The maximum Gasteiger partial charge on any atom is 0.0475 e. The fraction of sp³-hybridized carbons (Fsp3) is 0.154. The zero-order valence-corrected chi connectivity index (χ0v) is 8.48. The van der Waals surface area contributed by atoms with Crippen molar-refractivity contribution < 1.29 is 0 Å². The van der Waals surface area contributed by atoms with Crippen LogP contribution < -0.4 is 0 Å². The first-order valence-electron chi connectivity index (χ1n) is 4.65. The Morgan fingerprint density at radius 3 is 2.71 bits per heavy atom. The summed E-state index contributed by atoms with van der Waals surface area (Å²) in [6.07, 6.45) is 7.39. The Bertz CT molecular complexity index is 336. The van der Waals surface area contributed by atoms with Gasteiger partial charge in [-0.25, -0.2) is 0 Å². The molecule has 72 valence electrons. The summed E-state index contributed by atoms with van der Waals surface area (Å²) in [6, 6.07) is 5.93. The molecule has 0 saturated heterocycles. The highest BCUT2D eigenvalue weighted by atomic mass is 14.7. The molecule has 0 fully saturated rings. The van der Waals surface area contributed by atoms with Gasteiger partial charge in [0.2, 0.25) is 0 Å². The lowest BCUT2D eigenvalue weighted by molar-refractivity contribution is 0.871. The van der Waals surface area contributed by atoms with E-state index >= 15 is 0 Å². The van der Waals surface area contributed by atoms with Gasteiger partial charge in [-0.3, -0.25) is 4.98 Å². The largest absolute Gasteiger partial charge is 0.261 e. The summed E-state index contributed by atoms with van der Waals surface area (Å²) in [5.74, 6) is 0.270. The van der Waals surface area contributed by atoms with Crippen LogP contribution in [-0.2, 0) is 0 Å². The van der Waals surface area contributed by atoms with Gasteiger partial charge >= 0.3 is 0 Å². The van der Waals surface area contributed by atoms with Gasteiger partial charge in [-0.15, -0.1) is 0 Å². The molecule has 1 aromatic heterocycles. The maximum atomic E-state index is 4.31. The van der Waals surface area contributed by atoms with Gasteiger partial charge in [-0.1, -0.05) is 44.4 Å². The van der Waals surface area contributed by atoms with Crippen molar-refractivity contribution in [1.29, 1.82) is 0 Å². The molecule has 0 radical (unpaired) electrons. The second-order valence-corrected chi connectivity index (χ2v) is 3.08. The third-order valence-corrected chi connectivity index (χ3v) is 2.18. The standard InChI is InChI=1S/C13H15N/c1-4-8-12(5-2)11(3)13-9-6-7-10-14-13/h4-11H,1-2H2,3H3/b12-8+. The van der Waals surface area contributed by atoms with Crippen molar-refractivity contribution in [3.05, 3.63) is 67.0 Å². The Kier molecular flexibility index (Phi) is 3.86. The first-order chi connectivity index (χ1) is 6.79. The van der Waals surface area contributed by atoms with Gasteiger partial charge in [0.05, 0.1) is 0 Å². The summed E-state index contributed by atoms with van der Waals surface area (Å²) in [6.45, 7) is 9.57. The summed E-state index contributed by atoms with van der Waals surface area (Å²) in [7, 11) is 0. The predicted octanol–water partition coefficient (Wildman–Crippen LogP) is 3.48. The molecular weight excluding hydrogens is 170 g/mol. The average Bonchev–Trinajstić information content (AvgIpc) is 2.26. The van der Waals surface area contributed by atoms with E-state index in [0.29, 0.717) is 0 Å². The van der Waals surface area contributed by atoms with Gasteiger partial charge in [0.25, 0.3) is 0 Å². The van der Waals surface area contributed by atoms with Crippen molar-refractivity contribution in [2.45, 2.75) is 12.8 Å². The molecule has 1 nitrogen and oxygen atoms in total. The van der Waals surface area contributed by atoms with Crippen molar-refractivity contribution in [1.82, 2.24) is 4.98 Å². The van der Waals surface area contributed by atoms with Crippen LogP contribution in [0.25, 0.3) is 0 Å². The topological polar surface area (TPSA) is 12.9 Å². The molecule has 0 aliphatic heterocycles. The maximum absolute atomic E-state index is 4.31. The zero-order chi connectivity index (χ0) is 10.4. The van der Waals surface area contributed by atoms with Crippen LogP contribution >= 0.6 is 0 Å². The van der Waals surface area contributed by atoms with Crippen LogP contribution in [0.1, 0.15) is 18.5 Å². The minimum atomic E-state index is 0.270. The molecule has 0 bridgehead atoms. The number of allylic oxidation sites excluding steroid dienone is 4. The smallest absolute Gasteiger partial charge is 0.0475 e. The van der Waals surface area contributed by atoms with Crippen molar-refractivity contribution in [3.8, 4) is 0 Å². The molecule has 0 aromatic carbocycles. The molecule has 0 amide bonds. The van der Waals surface area contributed by atoms with Crippen LogP contribution in [0, 0.1) is 0 Å². The van der Waals surface area contributed by atoms with Crippen molar-refractivity contribution in [2.75, 3.05) is 0 Å². The van der Waals surface area contributed by atoms with Gasteiger partial charge in [-0.05, 0) is 17.7 Å². The highest BCUT2D eigenvalue weighted by molar-refractivity contribution is 5.31. The Balaban J connectivity index is 2.94. The van der Waals surface area contributed by atoms with Gasteiger partial charge in [0.1, 0.15) is 0 Å². The third kappa shape index (κ3) is 2.43. The molecule has 0 aliphatic carbocycles. The van der Waals surface area contributed by atoms with E-state index in [4.69, 9.17) is 0 Å². The van der Waals surface area contributed by atoms with E-state index in [1.54, 1.807) is 12.3 Å². The lowest BCUT2D eigenvalue weighted by Gasteiger charge is -2.11. The molecule has 1 atom stereocenters. The average molecular weight is 185 g/mol. The Morgan fingerprint density at radius 2 is 2.21 bits per heavy atom. The normalized spacial score (nSPS) is 13.4. The first kappa shape index (κ1) is 10.5. The van der Waals surface area contributed by atoms with E-state index in [2.05, 4.69) is 25.1 Å². The van der Waals surface area contributed by atoms with Crippen LogP contribution in [0.4, 0.5) is 0 Å². The molecule has 1 aromatic rings. The Labute approximate surface area is 85.5 Å². The molecule has 1 heteroatoms. The molecular formula is C13H15N. The van der Waals surface area contributed by atoms with E-state index in [0.717, 1.165) is 11.3 Å². The minimum absolute atomic E-state index is 0.270. The summed E-state index contributed by atoms with van der Waals surface area (Å²) in [5, 5.41) is 0. The van der Waals surface area contributed by atoms with Gasteiger partial charge in [0, 0.05) is 17.8 Å². The Hall–Kier alpha value is -1.63.